The Morgan fingerprint density at radius 3 is 1.92 bits per heavy atom. The fraction of sp³-hybridized carbons (Fsp3) is 0.360. The predicted octanol–water partition coefficient (Wildman–Crippen LogP) is 4.16. The quantitative estimate of drug-likeness (QED) is 0.239. The lowest BCUT2D eigenvalue weighted by atomic mass is 10.2. The van der Waals surface area contributed by atoms with Crippen LogP contribution in [0, 0.1) is 11.8 Å². The highest BCUT2D eigenvalue weighted by Gasteiger charge is 2.19. The maximum absolute atomic E-state index is 12.6. The Labute approximate surface area is 221 Å². The molecule has 0 fully saturated rings. The highest BCUT2D eigenvalue weighted by atomic mass is 32.2. The van der Waals surface area contributed by atoms with Gasteiger partial charge < -0.3 is 19.0 Å². The van der Waals surface area contributed by atoms with E-state index in [1.165, 1.54) is 37.3 Å². The Morgan fingerprint density at radius 2 is 1.42 bits per heavy atom. The van der Waals surface area contributed by atoms with Crippen LogP contribution in [0.15, 0.2) is 58.4 Å². The van der Waals surface area contributed by atoms with Gasteiger partial charge >= 0.3 is 22.3 Å². The molecule has 0 bridgehead atoms. The van der Waals surface area contributed by atoms with E-state index in [0.717, 1.165) is 0 Å². The molecule has 3 amide bonds. The van der Waals surface area contributed by atoms with Crippen molar-refractivity contribution in [3.63, 3.8) is 0 Å². The zero-order valence-electron chi connectivity index (χ0n) is 21.8. The average molecular weight is 549 g/mol. The maximum Gasteiger partial charge on any atom is 0.413 e. The molecule has 13 heteroatoms. The first kappa shape index (κ1) is 30.1. The molecule has 3 N–H and O–H groups in total. The third-order valence-corrected chi connectivity index (χ3v) is 5.55. The van der Waals surface area contributed by atoms with E-state index in [1.54, 1.807) is 18.2 Å². The Hall–Kier alpha value is -4.13. The summed E-state index contributed by atoms with van der Waals surface area (Å²) in [7, 11) is -4.15. The van der Waals surface area contributed by atoms with Gasteiger partial charge in [-0.2, -0.15) is 8.42 Å². The lowest BCUT2D eigenvalue weighted by molar-refractivity contribution is -0.114. The Bertz CT molecular complexity index is 1230. The van der Waals surface area contributed by atoms with Crippen LogP contribution in [0.1, 0.15) is 34.6 Å². The molecule has 206 valence electrons. The van der Waals surface area contributed by atoms with Crippen LogP contribution in [0.2, 0.25) is 0 Å². The molecule has 2 rings (SSSR count). The van der Waals surface area contributed by atoms with Crippen molar-refractivity contribution in [2.24, 2.45) is 16.8 Å². The summed E-state index contributed by atoms with van der Waals surface area (Å²) in [6.45, 7) is 8.89. The van der Waals surface area contributed by atoms with Gasteiger partial charge in [-0.3, -0.25) is 15.4 Å². The average Bonchev–Trinajstić information content (AvgIpc) is 2.83. The summed E-state index contributed by atoms with van der Waals surface area (Å²) in [4.78, 5) is 40.5. The van der Waals surface area contributed by atoms with E-state index in [2.05, 4.69) is 20.9 Å². The molecule has 0 atom stereocenters. The minimum atomic E-state index is -4.15. The van der Waals surface area contributed by atoms with Gasteiger partial charge in [-0.1, -0.05) is 45.9 Å². The van der Waals surface area contributed by atoms with Crippen LogP contribution < -0.4 is 20.1 Å². The van der Waals surface area contributed by atoms with Crippen LogP contribution in [0.4, 0.5) is 21.0 Å². The number of anilines is 1. The molecule has 0 heterocycles. The number of alkyl carbamates (subject to hydrolysis) is 2. The molecule has 12 nitrogen and oxygen atoms in total. The van der Waals surface area contributed by atoms with Crippen LogP contribution in [0.5, 0.6) is 5.75 Å². The molecule has 0 aromatic heterocycles. The molecular formula is C25H32N4O8S. The smallest absolute Gasteiger partial charge is 0.413 e. The van der Waals surface area contributed by atoms with Crippen LogP contribution in [-0.4, -0.2) is 45.7 Å². The number of ether oxygens (including phenoxy) is 2. The molecule has 0 unspecified atom stereocenters. The first-order chi connectivity index (χ1) is 17.9. The van der Waals surface area contributed by atoms with E-state index < -0.39 is 28.2 Å². The molecule has 0 aliphatic carbocycles. The highest BCUT2D eigenvalue weighted by Crippen LogP contribution is 2.31. The fourth-order valence-electron chi connectivity index (χ4n) is 2.67. The molecule has 0 spiro atoms. The summed E-state index contributed by atoms with van der Waals surface area (Å²) in [5, 5.41) is 7.19. The van der Waals surface area contributed by atoms with Crippen LogP contribution >= 0.6 is 0 Å². The number of nitrogens with zero attached hydrogens (tertiary/aromatic N) is 1. The van der Waals surface area contributed by atoms with Gasteiger partial charge in [0, 0.05) is 13.0 Å². The summed E-state index contributed by atoms with van der Waals surface area (Å²) < 4.78 is 40.6. The van der Waals surface area contributed by atoms with Gasteiger partial charge in [-0.25, -0.2) is 14.6 Å². The summed E-state index contributed by atoms with van der Waals surface area (Å²) in [6, 6.07) is 11.4. The number of rotatable bonds is 9. The topological polar surface area (TPSA) is 161 Å². The molecule has 2 aromatic carbocycles. The van der Waals surface area contributed by atoms with Crippen molar-refractivity contribution in [1.82, 2.24) is 10.6 Å². The number of aliphatic imine (C=N–C) groups is 1. The highest BCUT2D eigenvalue weighted by molar-refractivity contribution is 7.87. The SMILES string of the molecule is CC(=O)Nc1cc(OS(=O)(=O)c2ccccc2)ccc1N=C(NC(=O)OCC(C)C)NC(=O)OCC(C)C. The second-order valence-electron chi connectivity index (χ2n) is 8.91. The number of carbonyl (C=O) groups is 3. The summed E-state index contributed by atoms with van der Waals surface area (Å²) in [5.41, 5.74) is 0.110. The molecule has 38 heavy (non-hydrogen) atoms. The first-order valence-corrected chi connectivity index (χ1v) is 13.1. The standard InChI is InChI=1S/C25H32N4O8S/c1-16(2)14-35-24(31)28-23(29-25(32)36-15-17(3)4)27-21-12-11-19(13-22(21)26-18(5)30)37-38(33,34)20-9-7-6-8-10-20/h6-13,16-17H,14-15H2,1-5H3,(H,26,30)(H2,27,28,29,31,32). The minimum absolute atomic E-state index is 0.0467. The summed E-state index contributed by atoms with van der Waals surface area (Å²) in [5.74, 6) is -0.802. The van der Waals surface area contributed by atoms with Gasteiger partial charge in [0.1, 0.15) is 10.6 Å². The van der Waals surface area contributed by atoms with Gasteiger partial charge in [0.2, 0.25) is 11.9 Å². The Morgan fingerprint density at radius 1 is 0.868 bits per heavy atom. The Kier molecular flexibility index (Phi) is 11.1. The number of benzene rings is 2. The van der Waals surface area contributed by atoms with E-state index in [9.17, 15) is 22.8 Å². The van der Waals surface area contributed by atoms with Crippen molar-refractivity contribution in [3.05, 3.63) is 48.5 Å². The van der Waals surface area contributed by atoms with E-state index in [4.69, 9.17) is 13.7 Å². The summed E-state index contributed by atoms with van der Waals surface area (Å²) in [6.07, 6.45) is -1.76. The zero-order valence-corrected chi connectivity index (χ0v) is 22.6. The van der Waals surface area contributed by atoms with Crippen molar-refractivity contribution in [2.75, 3.05) is 18.5 Å². The van der Waals surface area contributed by atoms with Gasteiger partial charge in [0.15, 0.2) is 0 Å². The monoisotopic (exact) mass is 548 g/mol. The normalized spacial score (nSPS) is 10.9. The van der Waals surface area contributed by atoms with Crippen molar-refractivity contribution in [1.29, 1.82) is 0 Å². The second kappa shape index (κ2) is 14.0. The fourth-order valence-corrected chi connectivity index (χ4v) is 3.62. The molecule has 2 aromatic rings. The molecule has 0 saturated heterocycles. The molecular weight excluding hydrogens is 516 g/mol. The molecule has 0 saturated carbocycles. The third-order valence-electron chi connectivity index (χ3n) is 4.29. The van der Waals surface area contributed by atoms with Gasteiger partial charge in [-0.05, 0) is 36.1 Å². The third kappa shape index (κ3) is 10.5. The van der Waals surface area contributed by atoms with Crippen molar-refractivity contribution >= 4 is 45.5 Å². The largest absolute Gasteiger partial charge is 0.449 e. The van der Waals surface area contributed by atoms with Crippen LogP contribution in [-0.2, 0) is 24.4 Å². The number of nitrogens with one attached hydrogen (secondary N) is 3. The maximum atomic E-state index is 12.6. The van der Waals surface area contributed by atoms with Crippen molar-refractivity contribution in [3.8, 4) is 5.75 Å². The van der Waals surface area contributed by atoms with Crippen molar-refractivity contribution < 1.29 is 36.5 Å². The van der Waals surface area contributed by atoms with Crippen LogP contribution in [0.3, 0.4) is 0 Å². The summed E-state index contributed by atoms with van der Waals surface area (Å²) >= 11 is 0. The van der Waals surface area contributed by atoms with Crippen LogP contribution in [0.25, 0.3) is 0 Å². The number of hydrogen-bond acceptors (Lipinski definition) is 9. The van der Waals surface area contributed by atoms with Gasteiger partial charge in [0.05, 0.1) is 24.6 Å². The number of amides is 3. The molecule has 0 radical (unpaired) electrons. The zero-order chi connectivity index (χ0) is 28.3. The van der Waals surface area contributed by atoms with Crippen molar-refractivity contribution in [2.45, 2.75) is 39.5 Å². The lowest BCUT2D eigenvalue weighted by Gasteiger charge is -2.15. The minimum Gasteiger partial charge on any atom is -0.449 e. The predicted molar refractivity (Wildman–Crippen MR) is 141 cm³/mol. The molecule has 0 aliphatic heterocycles. The van der Waals surface area contributed by atoms with E-state index in [-0.39, 0.29) is 53.0 Å². The number of hydrogen-bond donors (Lipinski definition) is 3. The second-order valence-corrected chi connectivity index (χ2v) is 10.5. The van der Waals surface area contributed by atoms with E-state index in [0.29, 0.717) is 0 Å². The van der Waals surface area contributed by atoms with E-state index >= 15 is 0 Å². The number of carbonyl (C=O) groups excluding carboxylic acids is 3. The number of guanidine groups is 1. The lowest BCUT2D eigenvalue weighted by Crippen LogP contribution is -2.44. The van der Waals surface area contributed by atoms with Gasteiger partial charge in [0.25, 0.3) is 0 Å². The first-order valence-electron chi connectivity index (χ1n) is 11.7. The Balaban J connectivity index is 2.39. The van der Waals surface area contributed by atoms with Gasteiger partial charge in [-0.15, -0.1) is 0 Å². The molecule has 0 aliphatic rings. The van der Waals surface area contributed by atoms with E-state index in [1.807, 2.05) is 27.7 Å².